The molecule has 2 heterocycles. The largest absolute Gasteiger partial charge is 0.356 e. The van der Waals surface area contributed by atoms with Crippen LogP contribution in [0.15, 0.2) is 0 Å². The molecule has 1 saturated heterocycles. The Kier molecular flexibility index (Phi) is 5.78. The first kappa shape index (κ1) is 17.0. The van der Waals surface area contributed by atoms with Gasteiger partial charge < -0.3 is 9.80 Å². The molecule has 1 aliphatic heterocycles. The second kappa shape index (κ2) is 7.82. The van der Waals surface area contributed by atoms with Crippen molar-refractivity contribution in [2.45, 2.75) is 58.3 Å². The molecule has 0 unspecified atom stereocenters. The number of anilines is 2. The number of halogens is 1. The molecule has 0 bridgehead atoms. The van der Waals surface area contributed by atoms with Gasteiger partial charge in [0.25, 0.3) is 0 Å². The van der Waals surface area contributed by atoms with Gasteiger partial charge in [0.15, 0.2) is 0 Å². The second-order valence-corrected chi connectivity index (χ2v) is 7.59. The maximum absolute atomic E-state index is 5.01. The topological polar surface area (TPSA) is 32.3 Å². The molecular formula is C18H29BrN4. The van der Waals surface area contributed by atoms with Crippen LogP contribution in [-0.2, 0) is 0 Å². The van der Waals surface area contributed by atoms with Crippen molar-refractivity contribution in [3.63, 3.8) is 0 Å². The summed E-state index contributed by atoms with van der Waals surface area (Å²) in [5.41, 5.74) is 1.26. The molecule has 23 heavy (non-hydrogen) atoms. The van der Waals surface area contributed by atoms with Crippen molar-refractivity contribution in [2.75, 3.05) is 41.3 Å². The van der Waals surface area contributed by atoms with Gasteiger partial charge in [0, 0.05) is 43.0 Å². The van der Waals surface area contributed by atoms with Gasteiger partial charge >= 0.3 is 0 Å². The van der Waals surface area contributed by atoms with E-state index in [0.29, 0.717) is 5.92 Å². The molecule has 1 aromatic rings. The van der Waals surface area contributed by atoms with Gasteiger partial charge in [0.1, 0.15) is 17.5 Å². The third-order valence-electron chi connectivity index (χ3n) is 5.00. The van der Waals surface area contributed by atoms with Gasteiger partial charge in [-0.1, -0.05) is 28.8 Å². The van der Waals surface area contributed by atoms with Crippen molar-refractivity contribution in [3.05, 3.63) is 11.4 Å². The molecular weight excluding hydrogens is 352 g/mol. The zero-order valence-corrected chi connectivity index (χ0v) is 16.1. The van der Waals surface area contributed by atoms with E-state index in [2.05, 4.69) is 39.6 Å². The standard InChI is InChI=1S/C18H29BrN4/c1-3-22(13-10-19)17-14(2)18(21-16(20-17)15-8-9-15)23-11-6-4-5-7-12-23/h15H,3-13H2,1-2H3. The van der Waals surface area contributed by atoms with E-state index in [4.69, 9.17) is 9.97 Å². The number of rotatable bonds is 6. The minimum absolute atomic E-state index is 0.600. The molecule has 0 atom stereocenters. The molecule has 1 aliphatic carbocycles. The number of alkyl halides is 1. The van der Waals surface area contributed by atoms with E-state index in [1.54, 1.807) is 0 Å². The van der Waals surface area contributed by atoms with E-state index < -0.39 is 0 Å². The summed E-state index contributed by atoms with van der Waals surface area (Å²) >= 11 is 3.58. The summed E-state index contributed by atoms with van der Waals surface area (Å²) < 4.78 is 0. The van der Waals surface area contributed by atoms with Crippen LogP contribution in [0, 0.1) is 6.92 Å². The minimum atomic E-state index is 0.600. The van der Waals surface area contributed by atoms with Gasteiger partial charge in [-0.3, -0.25) is 0 Å². The summed E-state index contributed by atoms with van der Waals surface area (Å²) in [5.74, 6) is 4.04. The summed E-state index contributed by atoms with van der Waals surface area (Å²) in [6.07, 6.45) is 7.80. The Morgan fingerprint density at radius 3 is 2.39 bits per heavy atom. The zero-order valence-electron chi connectivity index (χ0n) is 14.5. The highest BCUT2D eigenvalue weighted by Gasteiger charge is 2.30. The summed E-state index contributed by atoms with van der Waals surface area (Å²) in [5, 5.41) is 0.974. The lowest BCUT2D eigenvalue weighted by atomic mass is 10.2. The fourth-order valence-electron chi connectivity index (χ4n) is 3.45. The summed E-state index contributed by atoms with van der Waals surface area (Å²) in [6.45, 7) is 8.71. The lowest BCUT2D eigenvalue weighted by Gasteiger charge is -2.29. The molecule has 0 spiro atoms. The molecule has 0 amide bonds. The Hall–Kier alpha value is -0.840. The first-order valence-corrected chi connectivity index (χ1v) is 10.3. The van der Waals surface area contributed by atoms with Gasteiger partial charge in [-0.15, -0.1) is 0 Å². The van der Waals surface area contributed by atoms with Crippen molar-refractivity contribution in [1.29, 1.82) is 0 Å². The van der Waals surface area contributed by atoms with Crippen LogP contribution in [0.25, 0.3) is 0 Å². The van der Waals surface area contributed by atoms with E-state index in [-0.39, 0.29) is 0 Å². The highest BCUT2D eigenvalue weighted by Crippen LogP contribution is 2.40. The Morgan fingerprint density at radius 1 is 1.13 bits per heavy atom. The Balaban J connectivity index is 1.97. The molecule has 128 valence electrons. The lowest BCUT2D eigenvalue weighted by molar-refractivity contribution is 0.726. The second-order valence-electron chi connectivity index (χ2n) is 6.80. The van der Waals surface area contributed by atoms with Crippen LogP contribution in [-0.4, -0.2) is 41.5 Å². The van der Waals surface area contributed by atoms with Crippen LogP contribution in [0.3, 0.4) is 0 Å². The molecule has 2 aliphatic rings. The van der Waals surface area contributed by atoms with Crippen LogP contribution in [0.1, 0.15) is 62.8 Å². The number of nitrogens with zero attached hydrogens (tertiary/aromatic N) is 4. The minimum Gasteiger partial charge on any atom is -0.356 e. The fourth-order valence-corrected chi connectivity index (χ4v) is 3.88. The van der Waals surface area contributed by atoms with E-state index in [0.717, 1.165) is 43.2 Å². The van der Waals surface area contributed by atoms with Crippen LogP contribution in [0.4, 0.5) is 11.6 Å². The summed E-state index contributed by atoms with van der Waals surface area (Å²) in [4.78, 5) is 14.9. The van der Waals surface area contributed by atoms with Gasteiger partial charge in [0.2, 0.25) is 0 Å². The average Bonchev–Trinajstić information content (AvgIpc) is 3.39. The first-order valence-electron chi connectivity index (χ1n) is 9.19. The van der Waals surface area contributed by atoms with E-state index in [1.807, 2.05) is 0 Å². The van der Waals surface area contributed by atoms with Crippen LogP contribution in [0.2, 0.25) is 0 Å². The van der Waals surface area contributed by atoms with Crippen molar-refractivity contribution in [1.82, 2.24) is 9.97 Å². The monoisotopic (exact) mass is 380 g/mol. The molecule has 2 fully saturated rings. The highest BCUT2D eigenvalue weighted by molar-refractivity contribution is 9.09. The summed E-state index contributed by atoms with van der Waals surface area (Å²) in [7, 11) is 0. The molecule has 1 saturated carbocycles. The van der Waals surface area contributed by atoms with E-state index >= 15 is 0 Å². The molecule has 5 heteroatoms. The number of hydrogen-bond donors (Lipinski definition) is 0. The van der Waals surface area contributed by atoms with Crippen molar-refractivity contribution in [2.24, 2.45) is 0 Å². The number of hydrogen-bond acceptors (Lipinski definition) is 4. The molecule has 1 aromatic heterocycles. The average molecular weight is 381 g/mol. The molecule has 0 aromatic carbocycles. The van der Waals surface area contributed by atoms with Crippen molar-refractivity contribution in [3.8, 4) is 0 Å². The maximum atomic E-state index is 5.01. The van der Waals surface area contributed by atoms with Gasteiger partial charge in [-0.05, 0) is 39.5 Å². The number of aromatic nitrogens is 2. The molecule has 0 radical (unpaired) electrons. The van der Waals surface area contributed by atoms with Crippen LogP contribution < -0.4 is 9.80 Å². The van der Waals surface area contributed by atoms with Crippen LogP contribution in [0.5, 0.6) is 0 Å². The predicted molar refractivity (Wildman–Crippen MR) is 101 cm³/mol. The highest BCUT2D eigenvalue weighted by atomic mass is 79.9. The van der Waals surface area contributed by atoms with E-state index in [9.17, 15) is 0 Å². The predicted octanol–water partition coefficient (Wildman–Crippen LogP) is 4.26. The summed E-state index contributed by atoms with van der Waals surface area (Å²) in [6, 6.07) is 0. The molecule has 0 N–H and O–H groups in total. The van der Waals surface area contributed by atoms with Gasteiger partial charge in [-0.25, -0.2) is 9.97 Å². The zero-order chi connectivity index (χ0) is 16.2. The Labute approximate surface area is 148 Å². The maximum Gasteiger partial charge on any atom is 0.137 e. The fraction of sp³-hybridized carbons (Fsp3) is 0.778. The van der Waals surface area contributed by atoms with E-state index in [1.165, 1.54) is 49.9 Å². The van der Waals surface area contributed by atoms with Gasteiger partial charge in [-0.2, -0.15) is 0 Å². The SMILES string of the molecule is CCN(CCBr)c1nc(C2CC2)nc(N2CCCCCC2)c1C. The van der Waals surface area contributed by atoms with Crippen molar-refractivity contribution >= 4 is 27.6 Å². The quantitative estimate of drug-likeness (QED) is 0.689. The molecule has 4 nitrogen and oxygen atoms in total. The third kappa shape index (κ3) is 3.98. The first-order chi connectivity index (χ1) is 11.2. The lowest BCUT2D eigenvalue weighted by Crippen LogP contribution is -2.30. The normalized spacial score (nSPS) is 18.8. The Morgan fingerprint density at radius 2 is 1.83 bits per heavy atom. The van der Waals surface area contributed by atoms with Crippen LogP contribution >= 0.6 is 15.9 Å². The smallest absolute Gasteiger partial charge is 0.137 e. The van der Waals surface area contributed by atoms with Crippen molar-refractivity contribution < 1.29 is 0 Å². The third-order valence-corrected chi connectivity index (χ3v) is 5.35. The Bertz CT molecular complexity index is 522. The molecule has 3 rings (SSSR count). The van der Waals surface area contributed by atoms with Gasteiger partial charge in [0.05, 0.1) is 0 Å².